The summed E-state index contributed by atoms with van der Waals surface area (Å²) in [7, 11) is 1.56. The molecule has 0 bridgehead atoms. The van der Waals surface area contributed by atoms with E-state index < -0.39 is 0 Å². The Kier molecular flexibility index (Phi) is 5.59. The minimum Gasteiger partial charge on any atom is -0.496 e. The highest BCUT2D eigenvalue weighted by Crippen LogP contribution is 2.17. The van der Waals surface area contributed by atoms with Crippen molar-refractivity contribution in [3.8, 4) is 5.75 Å². The first kappa shape index (κ1) is 14.6. The lowest BCUT2D eigenvalue weighted by molar-refractivity contribution is 0.0951. The van der Waals surface area contributed by atoms with E-state index in [1.54, 1.807) is 19.2 Å². The van der Waals surface area contributed by atoms with Gasteiger partial charge in [-0.05, 0) is 37.8 Å². The number of nitrogens with one attached hydrogen (secondary N) is 1. The predicted molar refractivity (Wildman–Crippen MR) is 80.2 cm³/mol. The van der Waals surface area contributed by atoms with E-state index in [1.807, 2.05) is 12.1 Å². The van der Waals surface area contributed by atoms with Gasteiger partial charge in [-0.3, -0.25) is 4.79 Å². The average molecular weight is 274 g/mol. The molecule has 0 spiro atoms. The molecule has 1 amide bonds. The second-order valence-corrected chi connectivity index (χ2v) is 5.09. The smallest absolute Gasteiger partial charge is 0.275 e. The second kappa shape index (κ2) is 7.68. The molecule has 1 aromatic rings. The van der Waals surface area contributed by atoms with E-state index in [4.69, 9.17) is 4.74 Å². The van der Waals surface area contributed by atoms with Crippen molar-refractivity contribution in [1.82, 2.24) is 5.43 Å². The van der Waals surface area contributed by atoms with Gasteiger partial charge in [0.05, 0.1) is 12.7 Å². The van der Waals surface area contributed by atoms with Crippen LogP contribution in [0.25, 0.3) is 0 Å². The molecule has 0 aromatic heterocycles. The van der Waals surface area contributed by atoms with Crippen molar-refractivity contribution in [3.05, 3.63) is 29.8 Å². The van der Waals surface area contributed by atoms with Crippen LogP contribution >= 0.6 is 0 Å². The van der Waals surface area contributed by atoms with Crippen molar-refractivity contribution in [1.29, 1.82) is 0 Å². The predicted octanol–water partition coefficient (Wildman–Crippen LogP) is 3.53. The second-order valence-electron chi connectivity index (χ2n) is 5.09. The number of hydrazone groups is 1. The number of carbonyl (C=O) groups excluding carboxylic acids is 1. The van der Waals surface area contributed by atoms with Gasteiger partial charge in [-0.15, -0.1) is 0 Å². The lowest BCUT2D eigenvalue weighted by Gasteiger charge is -2.11. The van der Waals surface area contributed by atoms with Crippen molar-refractivity contribution < 1.29 is 9.53 Å². The van der Waals surface area contributed by atoms with E-state index >= 15 is 0 Å². The molecule has 0 saturated heterocycles. The summed E-state index contributed by atoms with van der Waals surface area (Å²) in [5.74, 6) is 0.361. The lowest BCUT2D eigenvalue weighted by Crippen LogP contribution is -2.20. The van der Waals surface area contributed by atoms with Crippen molar-refractivity contribution in [3.63, 3.8) is 0 Å². The van der Waals surface area contributed by atoms with Gasteiger partial charge in [-0.25, -0.2) is 5.43 Å². The molecule has 4 heteroatoms. The molecule has 0 atom stereocenters. The van der Waals surface area contributed by atoms with Crippen LogP contribution < -0.4 is 10.2 Å². The highest BCUT2D eigenvalue weighted by molar-refractivity contribution is 5.97. The number of para-hydroxylation sites is 1. The molecule has 20 heavy (non-hydrogen) atoms. The minimum absolute atomic E-state index is 0.211. The summed E-state index contributed by atoms with van der Waals surface area (Å²) in [6, 6.07) is 7.18. The number of methoxy groups -OCH3 is 1. The first-order chi connectivity index (χ1) is 9.81. The summed E-state index contributed by atoms with van der Waals surface area (Å²) in [6.45, 7) is 0. The van der Waals surface area contributed by atoms with Crippen molar-refractivity contribution in [2.24, 2.45) is 5.10 Å². The van der Waals surface area contributed by atoms with E-state index in [0.29, 0.717) is 11.3 Å². The molecule has 1 aliphatic carbocycles. The van der Waals surface area contributed by atoms with Crippen LogP contribution in [0.15, 0.2) is 29.4 Å². The molecule has 0 aliphatic heterocycles. The summed E-state index contributed by atoms with van der Waals surface area (Å²) in [6.07, 6.45) is 8.17. The molecule has 0 unspecified atom stereocenters. The average Bonchev–Trinajstić information content (AvgIpc) is 2.45. The molecule has 1 saturated carbocycles. The van der Waals surface area contributed by atoms with E-state index in [1.165, 1.54) is 32.1 Å². The van der Waals surface area contributed by atoms with Gasteiger partial charge in [0, 0.05) is 5.71 Å². The molecular formula is C16H22N2O2. The van der Waals surface area contributed by atoms with Crippen LogP contribution in [-0.2, 0) is 0 Å². The fraction of sp³-hybridized carbons (Fsp3) is 0.500. The zero-order chi connectivity index (χ0) is 14.2. The van der Waals surface area contributed by atoms with E-state index in [0.717, 1.165) is 18.6 Å². The quantitative estimate of drug-likeness (QED) is 0.857. The molecule has 1 fully saturated rings. The Bertz CT molecular complexity index is 473. The van der Waals surface area contributed by atoms with Gasteiger partial charge < -0.3 is 4.74 Å². The van der Waals surface area contributed by atoms with Crippen LogP contribution in [0.4, 0.5) is 0 Å². The number of nitrogens with zero attached hydrogens (tertiary/aromatic N) is 1. The summed E-state index contributed by atoms with van der Waals surface area (Å²) in [4.78, 5) is 12.1. The first-order valence-electron chi connectivity index (χ1n) is 7.30. The monoisotopic (exact) mass is 274 g/mol. The molecule has 108 valence electrons. The number of rotatable bonds is 3. The van der Waals surface area contributed by atoms with E-state index in [-0.39, 0.29) is 5.91 Å². The first-order valence-corrected chi connectivity index (χ1v) is 7.30. The SMILES string of the molecule is COc1ccccc1C(=O)NN=C1CCCCCCC1. The third-order valence-electron chi connectivity index (χ3n) is 3.60. The topological polar surface area (TPSA) is 50.7 Å². The molecular weight excluding hydrogens is 252 g/mol. The number of carbonyl (C=O) groups is 1. The Hall–Kier alpha value is -1.84. The molecule has 1 aliphatic rings. The van der Waals surface area contributed by atoms with E-state index in [9.17, 15) is 4.79 Å². The standard InChI is InChI=1S/C16H22N2O2/c1-20-15-12-8-7-11-14(15)16(19)18-17-13-9-5-3-2-4-6-10-13/h7-8,11-12H,2-6,9-10H2,1H3,(H,18,19). The van der Waals surface area contributed by atoms with Gasteiger partial charge in [-0.1, -0.05) is 31.4 Å². The highest BCUT2D eigenvalue weighted by atomic mass is 16.5. The Morgan fingerprint density at radius 1 is 1.10 bits per heavy atom. The summed E-state index contributed by atoms with van der Waals surface area (Å²) in [5, 5.41) is 4.30. The lowest BCUT2D eigenvalue weighted by atomic mass is 9.99. The van der Waals surface area contributed by atoms with Gasteiger partial charge in [0.25, 0.3) is 5.91 Å². The third kappa shape index (κ3) is 4.08. The Morgan fingerprint density at radius 2 is 1.75 bits per heavy atom. The largest absolute Gasteiger partial charge is 0.496 e. The Morgan fingerprint density at radius 3 is 2.45 bits per heavy atom. The summed E-state index contributed by atoms with van der Waals surface area (Å²) >= 11 is 0. The van der Waals surface area contributed by atoms with Gasteiger partial charge in [0.2, 0.25) is 0 Å². The number of hydrogen-bond donors (Lipinski definition) is 1. The van der Waals surface area contributed by atoms with Crippen molar-refractivity contribution in [2.75, 3.05) is 7.11 Å². The van der Waals surface area contributed by atoms with Crippen LogP contribution in [0.5, 0.6) is 5.75 Å². The van der Waals surface area contributed by atoms with Crippen molar-refractivity contribution >= 4 is 11.6 Å². The normalized spacial score (nSPS) is 15.9. The van der Waals surface area contributed by atoms with Crippen LogP contribution in [0.2, 0.25) is 0 Å². The third-order valence-corrected chi connectivity index (χ3v) is 3.60. The number of ether oxygens (including phenoxy) is 1. The Labute approximate surface area is 120 Å². The number of amides is 1. The maximum absolute atomic E-state index is 12.1. The molecule has 0 heterocycles. The molecule has 4 nitrogen and oxygen atoms in total. The number of hydrogen-bond acceptors (Lipinski definition) is 3. The maximum Gasteiger partial charge on any atom is 0.275 e. The van der Waals surface area contributed by atoms with Crippen molar-refractivity contribution in [2.45, 2.75) is 44.9 Å². The fourth-order valence-corrected chi connectivity index (χ4v) is 2.45. The zero-order valence-electron chi connectivity index (χ0n) is 12.0. The summed E-state index contributed by atoms with van der Waals surface area (Å²) in [5.41, 5.74) is 4.28. The van der Waals surface area contributed by atoms with Crippen LogP contribution in [0, 0.1) is 0 Å². The van der Waals surface area contributed by atoms with Crippen LogP contribution in [0.1, 0.15) is 55.3 Å². The molecule has 1 aromatic carbocycles. The van der Waals surface area contributed by atoms with Gasteiger partial charge >= 0.3 is 0 Å². The molecule has 0 radical (unpaired) electrons. The minimum atomic E-state index is -0.211. The molecule has 1 N–H and O–H groups in total. The summed E-state index contributed by atoms with van der Waals surface area (Å²) < 4.78 is 5.19. The van der Waals surface area contributed by atoms with Gasteiger partial charge in [0.15, 0.2) is 0 Å². The van der Waals surface area contributed by atoms with Crippen LogP contribution in [-0.4, -0.2) is 18.7 Å². The van der Waals surface area contributed by atoms with Crippen LogP contribution in [0.3, 0.4) is 0 Å². The number of benzene rings is 1. The molecule has 2 rings (SSSR count). The Balaban J connectivity index is 1.99. The zero-order valence-corrected chi connectivity index (χ0v) is 12.0. The highest BCUT2D eigenvalue weighted by Gasteiger charge is 2.11. The van der Waals surface area contributed by atoms with Gasteiger partial charge in [-0.2, -0.15) is 5.10 Å². The van der Waals surface area contributed by atoms with E-state index in [2.05, 4.69) is 10.5 Å². The fourth-order valence-electron chi connectivity index (χ4n) is 2.45. The van der Waals surface area contributed by atoms with Gasteiger partial charge in [0.1, 0.15) is 5.75 Å². The maximum atomic E-state index is 12.1.